The Bertz CT molecular complexity index is 331. The van der Waals surface area contributed by atoms with Crippen LogP contribution in [0.1, 0.15) is 13.8 Å². The van der Waals surface area contributed by atoms with Gasteiger partial charge >= 0.3 is 5.97 Å². The monoisotopic (exact) mass is 247 g/mol. The number of hydrogen-bond donors (Lipinski definition) is 1. The van der Waals surface area contributed by atoms with E-state index in [-0.39, 0.29) is 16.5 Å². The summed E-state index contributed by atoms with van der Waals surface area (Å²) in [6, 6.07) is -0.677. The minimum absolute atomic E-state index is 0.0297. The minimum atomic E-state index is -0.900. The second-order valence-corrected chi connectivity index (χ2v) is 7.00. The molecule has 84 valence electrons. The topological polar surface area (TPSA) is 57.6 Å². The van der Waals surface area contributed by atoms with E-state index in [9.17, 15) is 9.59 Å². The molecule has 0 saturated carbocycles. The van der Waals surface area contributed by atoms with Gasteiger partial charge in [0.05, 0.1) is 0 Å². The van der Waals surface area contributed by atoms with Crippen molar-refractivity contribution in [2.75, 3.05) is 6.26 Å². The van der Waals surface area contributed by atoms with Crippen LogP contribution in [-0.2, 0) is 9.59 Å². The molecule has 0 aromatic heterocycles. The highest BCUT2D eigenvalue weighted by atomic mass is 32.2. The number of amides is 1. The lowest BCUT2D eigenvalue weighted by atomic mass is 9.98. The Labute approximate surface area is 96.8 Å². The van der Waals surface area contributed by atoms with Gasteiger partial charge in [-0.05, 0) is 20.1 Å². The average Bonchev–Trinajstić information content (AvgIpc) is 2.35. The van der Waals surface area contributed by atoms with Crippen LogP contribution in [0.4, 0.5) is 0 Å². The van der Waals surface area contributed by atoms with Crippen LogP contribution in [-0.4, -0.2) is 49.6 Å². The molecule has 0 unspecified atom stereocenters. The number of rotatable bonds is 2. The third-order valence-corrected chi connectivity index (χ3v) is 5.59. The number of carbonyl (C=O) groups is 2. The van der Waals surface area contributed by atoms with Crippen LogP contribution in [0.2, 0.25) is 0 Å². The maximum absolute atomic E-state index is 11.7. The molecular formula is C9H13NO3S2. The quantitative estimate of drug-likeness (QED) is 0.734. The van der Waals surface area contributed by atoms with Gasteiger partial charge in [-0.3, -0.25) is 4.79 Å². The lowest BCUT2D eigenvalue weighted by Crippen LogP contribution is -2.64. The van der Waals surface area contributed by atoms with E-state index >= 15 is 0 Å². The Kier molecular flexibility index (Phi) is 2.46. The van der Waals surface area contributed by atoms with Crippen molar-refractivity contribution < 1.29 is 14.7 Å². The molecule has 0 aromatic rings. The number of carbonyl (C=O) groups excluding carboxylic acids is 1. The minimum Gasteiger partial charge on any atom is -0.480 e. The Morgan fingerprint density at radius 2 is 2.20 bits per heavy atom. The normalized spacial score (nSPS) is 37.4. The summed E-state index contributed by atoms with van der Waals surface area (Å²) in [7, 11) is 0. The molecule has 2 aliphatic rings. The first-order valence-corrected chi connectivity index (χ1v) is 6.82. The van der Waals surface area contributed by atoms with Crippen LogP contribution in [0.5, 0.6) is 0 Å². The van der Waals surface area contributed by atoms with Gasteiger partial charge in [-0.2, -0.15) is 0 Å². The molecule has 2 aliphatic heterocycles. The molecule has 4 nitrogen and oxygen atoms in total. The zero-order chi connectivity index (χ0) is 11.4. The molecule has 2 saturated heterocycles. The smallest absolute Gasteiger partial charge is 0.327 e. The van der Waals surface area contributed by atoms with Crippen LogP contribution in [0.3, 0.4) is 0 Å². The molecule has 0 bridgehead atoms. The van der Waals surface area contributed by atoms with Gasteiger partial charge in [-0.15, -0.1) is 23.5 Å². The lowest BCUT2D eigenvalue weighted by Gasteiger charge is -2.42. The van der Waals surface area contributed by atoms with Crippen LogP contribution in [0.25, 0.3) is 0 Å². The maximum Gasteiger partial charge on any atom is 0.327 e. The third kappa shape index (κ3) is 1.38. The molecule has 15 heavy (non-hydrogen) atoms. The standard InChI is InChI=1S/C9H13NO3S2/c1-9(2)5(8(12)13)10-6(11)4(14-3)7(10)15-9/h4-5,7H,1-3H3,(H,12,13)/t4-,5+,7-/m1/s1. The Hall–Kier alpha value is -0.360. The summed E-state index contributed by atoms with van der Waals surface area (Å²) in [6.45, 7) is 3.78. The average molecular weight is 247 g/mol. The van der Waals surface area contributed by atoms with Gasteiger partial charge in [0.1, 0.15) is 16.7 Å². The first-order chi connectivity index (χ1) is 6.90. The third-order valence-electron chi connectivity index (χ3n) is 2.88. The zero-order valence-electron chi connectivity index (χ0n) is 8.76. The highest BCUT2D eigenvalue weighted by molar-refractivity contribution is 8.05. The molecule has 6 heteroatoms. The fraction of sp³-hybridized carbons (Fsp3) is 0.778. The fourth-order valence-corrected chi connectivity index (χ4v) is 4.93. The Balaban J connectivity index is 2.28. The van der Waals surface area contributed by atoms with Gasteiger partial charge < -0.3 is 10.0 Å². The van der Waals surface area contributed by atoms with Crippen LogP contribution >= 0.6 is 23.5 Å². The van der Waals surface area contributed by atoms with Crippen molar-refractivity contribution in [2.45, 2.75) is 35.3 Å². The van der Waals surface area contributed by atoms with E-state index in [1.165, 1.54) is 16.7 Å². The molecule has 0 radical (unpaired) electrons. The largest absolute Gasteiger partial charge is 0.480 e. The maximum atomic E-state index is 11.7. The van der Waals surface area contributed by atoms with Crippen molar-refractivity contribution in [3.8, 4) is 0 Å². The summed E-state index contributed by atoms with van der Waals surface area (Å²) >= 11 is 3.10. The predicted molar refractivity (Wildman–Crippen MR) is 61.0 cm³/mol. The van der Waals surface area contributed by atoms with Crippen molar-refractivity contribution in [3.63, 3.8) is 0 Å². The molecule has 0 aliphatic carbocycles. The van der Waals surface area contributed by atoms with Gasteiger partial charge in [-0.1, -0.05) is 0 Å². The van der Waals surface area contributed by atoms with Gasteiger partial charge in [0.25, 0.3) is 0 Å². The number of hydrogen-bond acceptors (Lipinski definition) is 4. The summed E-state index contributed by atoms with van der Waals surface area (Å²) in [4.78, 5) is 24.4. The Morgan fingerprint density at radius 3 is 2.67 bits per heavy atom. The lowest BCUT2D eigenvalue weighted by molar-refractivity contribution is -0.156. The van der Waals surface area contributed by atoms with E-state index in [0.29, 0.717) is 0 Å². The van der Waals surface area contributed by atoms with Crippen LogP contribution in [0.15, 0.2) is 0 Å². The second kappa shape index (κ2) is 3.31. The fourth-order valence-electron chi connectivity index (χ4n) is 2.19. The van der Waals surface area contributed by atoms with Gasteiger partial charge in [0.15, 0.2) is 0 Å². The SMILES string of the molecule is CS[C@@H]1C(=O)N2[C@@H]1SC(C)(C)[C@@H]2C(=O)O. The van der Waals surface area contributed by atoms with Gasteiger partial charge in [-0.25, -0.2) is 4.79 Å². The van der Waals surface area contributed by atoms with E-state index in [0.717, 1.165) is 0 Å². The highest BCUT2D eigenvalue weighted by Crippen LogP contribution is 2.53. The first-order valence-electron chi connectivity index (χ1n) is 4.65. The summed E-state index contributed by atoms with van der Waals surface area (Å²) in [5.41, 5.74) is 0. The van der Waals surface area contributed by atoms with Crippen molar-refractivity contribution in [1.29, 1.82) is 0 Å². The van der Waals surface area contributed by atoms with E-state index < -0.39 is 16.8 Å². The number of nitrogens with zero attached hydrogens (tertiary/aromatic N) is 1. The molecule has 2 rings (SSSR count). The molecule has 2 fully saturated rings. The summed E-state index contributed by atoms with van der Waals surface area (Å²) in [6.07, 6.45) is 1.89. The first kappa shape index (κ1) is 11.1. The van der Waals surface area contributed by atoms with Crippen LogP contribution in [0, 0.1) is 0 Å². The molecule has 3 atom stereocenters. The molecule has 0 spiro atoms. The molecule has 2 heterocycles. The number of aliphatic carboxylic acids is 1. The van der Waals surface area contributed by atoms with E-state index in [2.05, 4.69) is 0 Å². The molecule has 1 amide bonds. The van der Waals surface area contributed by atoms with Crippen LogP contribution < -0.4 is 0 Å². The number of carboxylic acid groups (broad SMARTS) is 1. The number of fused-ring (bicyclic) bond motifs is 1. The molecule has 1 N–H and O–H groups in total. The second-order valence-electron chi connectivity index (χ2n) is 4.25. The van der Waals surface area contributed by atoms with Crippen molar-refractivity contribution in [2.24, 2.45) is 0 Å². The number of carboxylic acids is 1. The summed E-state index contributed by atoms with van der Waals surface area (Å²) in [5, 5.41) is 9.12. The number of β-lactam (4-membered cyclic amide) rings is 1. The van der Waals surface area contributed by atoms with Crippen molar-refractivity contribution >= 4 is 35.4 Å². The van der Waals surface area contributed by atoms with E-state index in [4.69, 9.17) is 5.11 Å². The van der Waals surface area contributed by atoms with Crippen molar-refractivity contribution in [3.05, 3.63) is 0 Å². The summed E-state index contributed by atoms with van der Waals surface area (Å²) in [5.74, 6) is -0.930. The highest BCUT2D eigenvalue weighted by Gasteiger charge is 2.63. The summed E-state index contributed by atoms with van der Waals surface area (Å²) < 4.78 is -0.392. The van der Waals surface area contributed by atoms with E-state index in [1.54, 1.807) is 11.8 Å². The molecular weight excluding hydrogens is 234 g/mol. The molecule has 0 aromatic carbocycles. The zero-order valence-corrected chi connectivity index (χ0v) is 10.4. The van der Waals surface area contributed by atoms with Gasteiger partial charge in [0.2, 0.25) is 5.91 Å². The van der Waals surface area contributed by atoms with E-state index in [1.807, 2.05) is 20.1 Å². The predicted octanol–water partition coefficient (Wildman–Crippen LogP) is 0.865. The Morgan fingerprint density at radius 1 is 1.60 bits per heavy atom. The van der Waals surface area contributed by atoms with Gasteiger partial charge in [0, 0.05) is 4.75 Å². The van der Waals surface area contributed by atoms with Crippen molar-refractivity contribution in [1.82, 2.24) is 4.90 Å². The number of thioether (sulfide) groups is 2.